The molecule has 2 aromatic carbocycles. The summed E-state index contributed by atoms with van der Waals surface area (Å²) in [6.07, 6.45) is -0.144. The van der Waals surface area contributed by atoms with Crippen molar-refractivity contribution >= 4 is 33.3 Å². The number of carbonyl (C=O) groups is 1. The van der Waals surface area contributed by atoms with Crippen LogP contribution in [0.1, 0.15) is 21.5 Å². The van der Waals surface area contributed by atoms with Crippen molar-refractivity contribution in [1.29, 1.82) is 0 Å². The van der Waals surface area contributed by atoms with Crippen molar-refractivity contribution in [3.8, 4) is 0 Å². The standard InChI is InChI=1S/C15H10BrClF2O/c1-8-2-3-9(11(17)4-8)5-14(20)15-12(18)6-10(16)7-13(15)19/h2-4,6-7H,5H2,1H3. The van der Waals surface area contributed by atoms with Crippen molar-refractivity contribution in [3.63, 3.8) is 0 Å². The molecule has 0 bridgehead atoms. The van der Waals surface area contributed by atoms with Gasteiger partial charge in [-0.05, 0) is 36.2 Å². The lowest BCUT2D eigenvalue weighted by atomic mass is 10.0. The molecule has 0 heterocycles. The molecule has 5 heteroatoms. The third-order valence-corrected chi connectivity index (χ3v) is 3.65. The molecule has 0 aliphatic rings. The van der Waals surface area contributed by atoms with E-state index in [4.69, 9.17) is 11.6 Å². The first-order valence-electron chi connectivity index (χ1n) is 5.81. The van der Waals surface area contributed by atoms with E-state index in [1.807, 2.05) is 6.92 Å². The van der Waals surface area contributed by atoms with E-state index in [0.717, 1.165) is 17.7 Å². The van der Waals surface area contributed by atoms with E-state index >= 15 is 0 Å². The monoisotopic (exact) mass is 358 g/mol. The fourth-order valence-corrected chi connectivity index (χ4v) is 2.57. The number of Topliss-reactive ketones (excluding diaryl/α,β-unsaturated/α-hetero) is 1. The Morgan fingerprint density at radius 1 is 1.20 bits per heavy atom. The summed E-state index contributed by atoms with van der Waals surface area (Å²) in [5, 5.41) is 0.413. The third-order valence-electron chi connectivity index (χ3n) is 2.85. The van der Waals surface area contributed by atoms with E-state index in [1.54, 1.807) is 18.2 Å². The van der Waals surface area contributed by atoms with Crippen LogP contribution in [0.4, 0.5) is 8.78 Å². The molecule has 1 nitrogen and oxygen atoms in total. The van der Waals surface area contributed by atoms with Gasteiger partial charge >= 0.3 is 0 Å². The van der Waals surface area contributed by atoms with E-state index in [1.165, 1.54) is 0 Å². The highest BCUT2D eigenvalue weighted by atomic mass is 79.9. The zero-order valence-corrected chi connectivity index (χ0v) is 12.9. The molecular formula is C15H10BrClF2O. The Balaban J connectivity index is 2.33. The fraction of sp³-hybridized carbons (Fsp3) is 0.133. The van der Waals surface area contributed by atoms with Gasteiger partial charge < -0.3 is 0 Å². The van der Waals surface area contributed by atoms with Crippen LogP contribution in [0.5, 0.6) is 0 Å². The Morgan fingerprint density at radius 3 is 2.35 bits per heavy atom. The van der Waals surface area contributed by atoms with Gasteiger partial charge in [0.25, 0.3) is 0 Å². The number of hydrogen-bond donors (Lipinski definition) is 0. The SMILES string of the molecule is Cc1ccc(CC(=O)c2c(F)cc(Br)cc2F)c(Cl)c1. The van der Waals surface area contributed by atoms with Crippen molar-refractivity contribution in [2.75, 3.05) is 0 Å². The van der Waals surface area contributed by atoms with Crippen LogP contribution in [-0.2, 0) is 6.42 Å². The molecule has 0 fully saturated rings. The Bertz CT molecular complexity index is 663. The van der Waals surface area contributed by atoms with E-state index < -0.39 is 23.0 Å². The van der Waals surface area contributed by atoms with Gasteiger partial charge in [0.2, 0.25) is 0 Å². The van der Waals surface area contributed by atoms with Crippen LogP contribution in [0.25, 0.3) is 0 Å². The molecule has 0 aliphatic carbocycles. The second kappa shape index (κ2) is 6.02. The Hall–Kier alpha value is -1.26. The third kappa shape index (κ3) is 3.25. The summed E-state index contributed by atoms with van der Waals surface area (Å²) in [5.41, 5.74) is 0.959. The van der Waals surface area contributed by atoms with Gasteiger partial charge in [-0.25, -0.2) is 8.78 Å². The molecule has 0 spiro atoms. The van der Waals surface area contributed by atoms with E-state index in [9.17, 15) is 13.6 Å². The number of aryl methyl sites for hydroxylation is 1. The number of ketones is 1. The van der Waals surface area contributed by atoms with Crippen LogP contribution >= 0.6 is 27.5 Å². The highest BCUT2D eigenvalue weighted by Crippen LogP contribution is 2.23. The van der Waals surface area contributed by atoms with Gasteiger partial charge in [0.1, 0.15) is 11.6 Å². The van der Waals surface area contributed by atoms with Gasteiger partial charge in [-0.3, -0.25) is 4.79 Å². The molecule has 0 unspecified atom stereocenters. The van der Waals surface area contributed by atoms with Crippen molar-refractivity contribution in [2.45, 2.75) is 13.3 Å². The predicted octanol–water partition coefficient (Wildman–Crippen LogP) is 5.11. The topological polar surface area (TPSA) is 17.1 Å². The molecule has 20 heavy (non-hydrogen) atoms. The van der Waals surface area contributed by atoms with Gasteiger partial charge in [0, 0.05) is 15.9 Å². The zero-order chi connectivity index (χ0) is 14.9. The van der Waals surface area contributed by atoms with Crippen molar-refractivity contribution < 1.29 is 13.6 Å². The predicted molar refractivity (Wildman–Crippen MR) is 78.3 cm³/mol. The quantitative estimate of drug-likeness (QED) is 0.696. The molecule has 0 aromatic heterocycles. The molecule has 0 aliphatic heterocycles. The largest absolute Gasteiger partial charge is 0.294 e. The molecule has 2 rings (SSSR count). The molecule has 0 saturated heterocycles. The van der Waals surface area contributed by atoms with Crippen LogP contribution < -0.4 is 0 Å². The van der Waals surface area contributed by atoms with Crippen molar-refractivity contribution in [3.05, 3.63) is 68.2 Å². The average molecular weight is 360 g/mol. The molecular weight excluding hydrogens is 350 g/mol. The van der Waals surface area contributed by atoms with Gasteiger partial charge in [-0.1, -0.05) is 39.7 Å². The summed E-state index contributed by atoms with van der Waals surface area (Å²) < 4.78 is 27.7. The van der Waals surface area contributed by atoms with E-state index in [-0.39, 0.29) is 10.9 Å². The molecule has 104 valence electrons. The summed E-state index contributed by atoms with van der Waals surface area (Å²) in [6, 6.07) is 7.31. The minimum atomic E-state index is -0.884. The molecule has 0 N–H and O–H groups in total. The zero-order valence-electron chi connectivity index (χ0n) is 10.5. The number of benzene rings is 2. The van der Waals surface area contributed by atoms with Crippen LogP contribution in [-0.4, -0.2) is 5.78 Å². The molecule has 2 aromatic rings. The Morgan fingerprint density at radius 2 is 1.80 bits per heavy atom. The molecule has 0 saturated carbocycles. The molecule has 0 radical (unpaired) electrons. The lowest BCUT2D eigenvalue weighted by Crippen LogP contribution is -2.09. The van der Waals surface area contributed by atoms with Gasteiger partial charge in [0.15, 0.2) is 5.78 Å². The first kappa shape index (κ1) is 15.1. The Kier molecular flexibility index (Phi) is 4.55. The summed E-state index contributed by atoms with van der Waals surface area (Å²) in [5.74, 6) is -2.41. The summed E-state index contributed by atoms with van der Waals surface area (Å²) in [6.45, 7) is 1.87. The average Bonchev–Trinajstić information content (AvgIpc) is 2.31. The smallest absolute Gasteiger partial charge is 0.173 e. The second-order valence-corrected chi connectivity index (χ2v) is 5.76. The van der Waals surface area contributed by atoms with Gasteiger partial charge in [-0.2, -0.15) is 0 Å². The maximum atomic E-state index is 13.7. The maximum absolute atomic E-state index is 13.7. The number of carbonyl (C=O) groups excluding carboxylic acids is 1. The lowest BCUT2D eigenvalue weighted by molar-refractivity contribution is 0.0985. The van der Waals surface area contributed by atoms with Gasteiger partial charge in [-0.15, -0.1) is 0 Å². The minimum absolute atomic E-state index is 0.144. The van der Waals surface area contributed by atoms with Crippen LogP contribution in [0.3, 0.4) is 0 Å². The molecule has 0 amide bonds. The van der Waals surface area contributed by atoms with Crippen molar-refractivity contribution in [2.24, 2.45) is 0 Å². The van der Waals surface area contributed by atoms with E-state index in [0.29, 0.717) is 10.6 Å². The van der Waals surface area contributed by atoms with Crippen LogP contribution in [0.15, 0.2) is 34.8 Å². The summed E-state index contributed by atoms with van der Waals surface area (Å²) in [7, 11) is 0. The minimum Gasteiger partial charge on any atom is -0.294 e. The van der Waals surface area contributed by atoms with Crippen LogP contribution in [0.2, 0.25) is 5.02 Å². The molecule has 0 atom stereocenters. The number of halogens is 4. The highest BCUT2D eigenvalue weighted by molar-refractivity contribution is 9.10. The van der Waals surface area contributed by atoms with Crippen molar-refractivity contribution in [1.82, 2.24) is 0 Å². The fourth-order valence-electron chi connectivity index (χ4n) is 1.87. The first-order valence-corrected chi connectivity index (χ1v) is 6.98. The number of hydrogen-bond acceptors (Lipinski definition) is 1. The lowest BCUT2D eigenvalue weighted by Gasteiger charge is -2.07. The maximum Gasteiger partial charge on any atom is 0.173 e. The van der Waals surface area contributed by atoms with E-state index in [2.05, 4.69) is 15.9 Å². The van der Waals surface area contributed by atoms with Gasteiger partial charge in [0.05, 0.1) is 5.56 Å². The van der Waals surface area contributed by atoms with Crippen LogP contribution in [0, 0.1) is 18.6 Å². The normalized spacial score (nSPS) is 10.7. The first-order chi connectivity index (χ1) is 9.38. The number of rotatable bonds is 3. The summed E-state index contributed by atoms with van der Waals surface area (Å²) in [4.78, 5) is 12.1. The summed E-state index contributed by atoms with van der Waals surface area (Å²) >= 11 is 8.99. The highest BCUT2D eigenvalue weighted by Gasteiger charge is 2.19. The second-order valence-electron chi connectivity index (χ2n) is 4.44. The Labute approximate surface area is 128 Å².